The topological polar surface area (TPSA) is 49.9 Å². The van der Waals surface area contributed by atoms with Crippen molar-refractivity contribution in [2.45, 2.75) is 19.5 Å². The summed E-state index contributed by atoms with van der Waals surface area (Å²) in [7, 11) is 0. The van der Waals surface area contributed by atoms with Gasteiger partial charge in [0.15, 0.2) is 0 Å². The Hall–Kier alpha value is -2.53. The van der Waals surface area contributed by atoms with Crippen LogP contribution < -0.4 is 4.90 Å². The molecule has 0 bridgehead atoms. The summed E-state index contributed by atoms with van der Waals surface area (Å²) >= 11 is 6.21. The fourth-order valence-corrected chi connectivity index (χ4v) is 3.52. The number of ether oxygens (including phenoxy) is 1. The number of cyclic esters (lactones) is 1. The summed E-state index contributed by atoms with van der Waals surface area (Å²) in [5.41, 5.74) is 3.87. The van der Waals surface area contributed by atoms with Crippen molar-refractivity contribution in [3.8, 4) is 0 Å². The molecule has 128 valence electrons. The van der Waals surface area contributed by atoms with Crippen LogP contribution in [-0.2, 0) is 29.0 Å². The van der Waals surface area contributed by atoms with Crippen molar-refractivity contribution in [2.24, 2.45) is 0 Å². The lowest BCUT2D eigenvalue weighted by Gasteiger charge is -2.16. The van der Waals surface area contributed by atoms with Crippen LogP contribution in [0.1, 0.15) is 16.7 Å². The Balaban J connectivity index is 1.42. The molecule has 6 heteroatoms. The minimum absolute atomic E-state index is 0.0700. The van der Waals surface area contributed by atoms with Crippen LogP contribution in [0, 0.1) is 0 Å². The SMILES string of the molecule is O=C(Cc1ccc(N2CCOC2=O)cc1)N1Cc2cccc(Cl)c2C1. The number of amides is 2. The summed E-state index contributed by atoms with van der Waals surface area (Å²) < 4.78 is 4.94. The van der Waals surface area contributed by atoms with Gasteiger partial charge in [-0.3, -0.25) is 9.69 Å². The summed E-state index contributed by atoms with van der Waals surface area (Å²) in [6.07, 6.45) is 0.00612. The molecule has 2 heterocycles. The predicted octanol–water partition coefficient (Wildman–Crippen LogP) is 3.38. The highest BCUT2D eigenvalue weighted by molar-refractivity contribution is 6.31. The van der Waals surface area contributed by atoms with E-state index in [2.05, 4.69) is 0 Å². The normalized spacial score (nSPS) is 16.1. The van der Waals surface area contributed by atoms with Crippen LogP contribution in [0.3, 0.4) is 0 Å². The summed E-state index contributed by atoms with van der Waals surface area (Å²) in [5.74, 6) is 0.0700. The molecule has 0 unspecified atom stereocenters. The second-order valence-electron chi connectivity index (χ2n) is 6.24. The largest absolute Gasteiger partial charge is 0.447 e. The number of nitrogens with zero attached hydrogens (tertiary/aromatic N) is 2. The van der Waals surface area contributed by atoms with E-state index in [1.807, 2.05) is 47.4 Å². The number of benzene rings is 2. The number of halogens is 1. The van der Waals surface area contributed by atoms with Crippen LogP contribution in [0.25, 0.3) is 0 Å². The van der Waals surface area contributed by atoms with Crippen LogP contribution in [0.15, 0.2) is 42.5 Å². The minimum Gasteiger partial charge on any atom is -0.447 e. The molecule has 0 saturated carbocycles. The first-order valence-corrected chi connectivity index (χ1v) is 8.57. The standard InChI is InChI=1S/C19H17ClN2O3/c20-17-3-1-2-14-11-21(12-16(14)17)18(23)10-13-4-6-15(7-5-13)22-8-9-25-19(22)24/h1-7H,8-12H2. The van der Waals surface area contributed by atoms with E-state index in [-0.39, 0.29) is 12.0 Å². The number of hydrogen-bond acceptors (Lipinski definition) is 3. The van der Waals surface area contributed by atoms with Gasteiger partial charge in [0.05, 0.1) is 13.0 Å². The van der Waals surface area contributed by atoms with E-state index in [0.717, 1.165) is 27.4 Å². The van der Waals surface area contributed by atoms with Crippen LogP contribution in [-0.4, -0.2) is 30.1 Å². The number of rotatable bonds is 3. The molecule has 25 heavy (non-hydrogen) atoms. The molecule has 0 N–H and O–H groups in total. The molecule has 2 aromatic rings. The molecule has 0 aliphatic carbocycles. The Morgan fingerprint density at radius 3 is 2.60 bits per heavy atom. The zero-order valence-electron chi connectivity index (χ0n) is 13.6. The van der Waals surface area contributed by atoms with Gasteiger partial charge in [-0.25, -0.2) is 4.79 Å². The van der Waals surface area contributed by atoms with Gasteiger partial charge < -0.3 is 9.64 Å². The van der Waals surface area contributed by atoms with E-state index >= 15 is 0 Å². The first kappa shape index (κ1) is 16.0. The summed E-state index contributed by atoms with van der Waals surface area (Å²) in [6, 6.07) is 13.3. The van der Waals surface area contributed by atoms with Crippen LogP contribution >= 0.6 is 11.6 Å². The smallest absolute Gasteiger partial charge is 0.414 e. The highest BCUT2D eigenvalue weighted by Crippen LogP contribution is 2.29. The van der Waals surface area contributed by atoms with Gasteiger partial charge in [0.1, 0.15) is 6.61 Å². The average Bonchev–Trinajstić information content (AvgIpc) is 3.23. The first-order valence-electron chi connectivity index (χ1n) is 8.19. The van der Waals surface area contributed by atoms with Gasteiger partial charge in [0.25, 0.3) is 0 Å². The molecule has 2 aromatic carbocycles. The third-order valence-corrected chi connectivity index (χ3v) is 5.00. The van der Waals surface area contributed by atoms with E-state index in [4.69, 9.17) is 16.3 Å². The highest BCUT2D eigenvalue weighted by Gasteiger charge is 2.26. The van der Waals surface area contributed by atoms with Crippen molar-refractivity contribution >= 4 is 29.3 Å². The lowest BCUT2D eigenvalue weighted by Crippen LogP contribution is -2.27. The van der Waals surface area contributed by atoms with E-state index in [9.17, 15) is 9.59 Å². The summed E-state index contributed by atoms with van der Waals surface area (Å²) in [6.45, 7) is 2.14. The Kier molecular flexibility index (Phi) is 4.09. The zero-order chi connectivity index (χ0) is 17.4. The molecule has 1 fully saturated rings. The Morgan fingerprint density at radius 1 is 1.12 bits per heavy atom. The van der Waals surface area contributed by atoms with Crippen molar-refractivity contribution in [3.05, 3.63) is 64.2 Å². The number of anilines is 1. The molecule has 0 radical (unpaired) electrons. The van der Waals surface area contributed by atoms with Crippen LogP contribution in [0.4, 0.5) is 10.5 Å². The quantitative estimate of drug-likeness (QED) is 0.847. The maximum absolute atomic E-state index is 12.6. The third-order valence-electron chi connectivity index (χ3n) is 4.64. The fourth-order valence-electron chi connectivity index (χ4n) is 3.27. The number of fused-ring (bicyclic) bond motifs is 1. The molecule has 0 atom stereocenters. The van der Waals surface area contributed by atoms with Gasteiger partial charge >= 0.3 is 6.09 Å². The van der Waals surface area contributed by atoms with Crippen molar-refractivity contribution in [1.29, 1.82) is 0 Å². The molecule has 0 spiro atoms. The van der Waals surface area contributed by atoms with Gasteiger partial charge in [-0.15, -0.1) is 0 Å². The van der Waals surface area contributed by atoms with Crippen LogP contribution in [0.2, 0.25) is 5.02 Å². The van der Waals surface area contributed by atoms with Crippen molar-refractivity contribution in [2.75, 3.05) is 18.1 Å². The molecular formula is C19H17ClN2O3. The van der Waals surface area contributed by atoms with Gasteiger partial charge in [0.2, 0.25) is 5.91 Å². The van der Waals surface area contributed by atoms with Crippen molar-refractivity contribution < 1.29 is 14.3 Å². The second-order valence-corrected chi connectivity index (χ2v) is 6.64. The zero-order valence-corrected chi connectivity index (χ0v) is 14.3. The fraction of sp³-hybridized carbons (Fsp3) is 0.263. The maximum atomic E-state index is 12.6. The number of hydrogen-bond donors (Lipinski definition) is 0. The summed E-state index contributed by atoms with van der Waals surface area (Å²) in [4.78, 5) is 27.6. The van der Waals surface area contributed by atoms with E-state index < -0.39 is 0 Å². The molecule has 5 nitrogen and oxygen atoms in total. The summed E-state index contributed by atoms with van der Waals surface area (Å²) in [5, 5.41) is 0.717. The minimum atomic E-state index is -0.324. The molecule has 1 saturated heterocycles. The average molecular weight is 357 g/mol. The Morgan fingerprint density at radius 2 is 1.92 bits per heavy atom. The molecule has 2 aliphatic rings. The Bertz CT molecular complexity index is 835. The predicted molar refractivity (Wildman–Crippen MR) is 94.5 cm³/mol. The third kappa shape index (κ3) is 3.07. The maximum Gasteiger partial charge on any atom is 0.414 e. The van der Waals surface area contributed by atoms with E-state index in [1.165, 1.54) is 0 Å². The highest BCUT2D eigenvalue weighted by atomic mass is 35.5. The monoisotopic (exact) mass is 356 g/mol. The number of carbonyl (C=O) groups excluding carboxylic acids is 2. The lowest BCUT2D eigenvalue weighted by atomic mass is 10.1. The van der Waals surface area contributed by atoms with Crippen molar-refractivity contribution in [3.63, 3.8) is 0 Å². The van der Waals surface area contributed by atoms with Gasteiger partial charge in [0, 0.05) is 23.8 Å². The Labute approximate surface area is 150 Å². The van der Waals surface area contributed by atoms with Crippen LogP contribution in [0.5, 0.6) is 0 Å². The van der Waals surface area contributed by atoms with E-state index in [1.54, 1.807) is 4.90 Å². The molecule has 0 aromatic heterocycles. The van der Waals surface area contributed by atoms with Gasteiger partial charge in [-0.05, 0) is 34.9 Å². The van der Waals surface area contributed by atoms with E-state index in [0.29, 0.717) is 32.7 Å². The molecular weight excluding hydrogens is 340 g/mol. The van der Waals surface area contributed by atoms with Gasteiger partial charge in [-0.1, -0.05) is 35.9 Å². The second kappa shape index (κ2) is 6.41. The molecule has 4 rings (SSSR count). The number of carbonyl (C=O) groups is 2. The van der Waals surface area contributed by atoms with Crippen molar-refractivity contribution in [1.82, 2.24) is 4.90 Å². The van der Waals surface area contributed by atoms with Gasteiger partial charge in [-0.2, -0.15) is 0 Å². The first-order chi connectivity index (χ1) is 12.1. The molecule has 2 aliphatic heterocycles. The molecule has 2 amide bonds. The lowest BCUT2D eigenvalue weighted by molar-refractivity contribution is -0.131.